The quantitative estimate of drug-likeness (QED) is 0.602. The monoisotopic (exact) mass is 551 g/mol. The van der Waals surface area contributed by atoms with Crippen molar-refractivity contribution in [2.24, 2.45) is 0 Å². The third kappa shape index (κ3) is 9.74. The van der Waals surface area contributed by atoms with Crippen LogP contribution in [0.15, 0.2) is 48.8 Å². The minimum absolute atomic E-state index is 0. The van der Waals surface area contributed by atoms with Crippen molar-refractivity contribution in [3.63, 3.8) is 0 Å². The van der Waals surface area contributed by atoms with Gasteiger partial charge in [-0.25, -0.2) is 9.97 Å². The molecule has 2 aliphatic rings. The molecule has 2 amide bonds. The van der Waals surface area contributed by atoms with E-state index in [4.69, 9.17) is 0 Å². The van der Waals surface area contributed by atoms with Crippen LogP contribution in [0.25, 0.3) is 0 Å². The number of carbonyl (C=O) groups excluding carboxylic acids is 2. The van der Waals surface area contributed by atoms with Crippen LogP contribution >= 0.6 is 24.8 Å². The topological polar surface area (TPSA) is 93.7 Å². The number of hydrogen-bond acceptors (Lipinski definition) is 7. The lowest BCUT2D eigenvalue weighted by atomic mass is 10.0. The summed E-state index contributed by atoms with van der Waals surface area (Å²) < 4.78 is 0. The highest BCUT2D eigenvalue weighted by atomic mass is 35.5. The predicted molar refractivity (Wildman–Crippen MR) is 150 cm³/mol. The molecule has 1 aromatic heterocycles. The van der Waals surface area contributed by atoms with Crippen molar-refractivity contribution in [3.8, 4) is 0 Å². The van der Waals surface area contributed by atoms with E-state index in [-0.39, 0.29) is 42.7 Å². The fourth-order valence-corrected chi connectivity index (χ4v) is 4.67. The van der Waals surface area contributed by atoms with Crippen molar-refractivity contribution in [2.45, 2.75) is 31.7 Å². The van der Waals surface area contributed by atoms with Gasteiger partial charge in [-0.15, -0.1) is 24.8 Å². The Morgan fingerprint density at radius 2 is 1.57 bits per heavy atom. The van der Waals surface area contributed by atoms with Crippen LogP contribution in [0.4, 0.5) is 5.95 Å². The highest BCUT2D eigenvalue weighted by Crippen LogP contribution is 2.17. The van der Waals surface area contributed by atoms with Crippen molar-refractivity contribution in [2.75, 3.05) is 63.8 Å². The number of hydrogen-bond donors (Lipinski definition) is 2. The standard InChI is InChI=1S/C26H37N7O2.2ClH/c34-24-20-23(22-8-2-1-3-9-22)27-10-4-5-14-32(15-7-13-28-24)25(35)21-31-16-18-33(19-17-31)26-29-11-6-12-30-26;;/h1-3,6,8-9,11-12,23,27H,4-5,7,10,13-21H2,(H,28,34);2*1H. The average Bonchev–Trinajstić information content (AvgIpc) is 2.92. The number of amides is 2. The first-order valence-corrected chi connectivity index (χ1v) is 12.8. The average molecular weight is 553 g/mol. The van der Waals surface area contributed by atoms with E-state index < -0.39 is 0 Å². The van der Waals surface area contributed by atoms with E-state index in [1.807, 2.05) is 29.2 Å². The van der Waals surface area contributed by atoms with Gasteiger partial charge in [-0.1, -0.05) is 30.3 Å². The number of anilines is 1. The number of nitrogens with one attached hydrogen (secondary N) is 2. The second-order valence-corrected chi connectivity index (χ2v) is 9.22. The van der Waals surface area contributed by atoms with Gasteiger partial charge in [-0.05, 0) is 37.4 Å². The SMILES string of the molecule is Cl.Cl.O=C1CC(c2ccccc2)NCCCCN(C(=O)CN2CCN(c3ncccn3)CC2)CCCN1. The maximum Gasteiger partial charge on any atom is 0.236 e. The zero-order valence-corrected chi connectivity index (χ0v) is 22.9. The molecule has 1 aromatic carbocycles. The maximum atomic E-state index is 13.1. The van der Waals surface area contributed by atoms with Crippen LogP contribution in [0.1, 0.15) is 37.3 Å². The molecular formula is C26H39Cl2N7O2. The van der Waals surface area contributed by atoms with Crippen LogP contribution in [0.3, 0.4) is 0 Å². The van der Waals surface area contributed by atoms with Crippen LogP contribution in [-0.4, -0.2) is 90.5 Å². The second kappa shape index (κ2) is 16.4. The van der Waals surface area contributed by atoms with Gasteiger partial charge in [0, 0.05) is 70.7 Å². The van der Waals surface area contributed by atoms with Gasteiger partial charge >= 0.3 is 0 Å². The first-order chi connectivity index (χ1) is 17.2. The zero-order chi connectivity index (χ0) is 24.3. The Hall–Kier alpha value is -2.46. The summed E-state index contributed by atoms with van der Waals surface area (Å²) in [7, 11) is 0. The molecule has 9 nitrogen and oxygen atoms in total. The summed E-state index contributed by atoms with van der Waals surface area (Å²) in [5.74, 6) is 0.970. The van der Waals surface area contributed by atoms with Gasteiger partial charge in [0.15, 0.2) is 0 Å². The summed E-state index contributed by atoms with van der Waals surface area (Å²) in [6, 6.07) is 12.0. The molecule has 204 valence electrons. The lowest BCUT2D eigenvalue weighted by Gasteiger charge is -2.35. The Labute approximate surface area is 232 Å². The lowest BCUT2D eigenvalue weighted by Crippen LogP contribution is -2.50. The molecule has 2 saturated heterocycles. The predicted octanol–water partition coefficient (Wildman–Crippen LogP) is 2.29. The van der Waals surface area contributed by atoms with Crippen LogP contribution in [0.5, 0.6) is 0 Å². The summed E-state index contributed by atoms with van der Waals surface area (Å²) in [5.41, 5.74) is 1.13. The van der Waals surface area contributed by atoms with E-state index in [1.165, 1.54) is 0 Å². The number of benzene rings is 1. The van der Waals surface area contributed by atoms with Crippen molar-refractivity contribution in [3.05, 3.63) is 54.4 Å². The first kappa shape index (κ1) is 30.8. The van der Waals surface area contributed by atoms with E-state index in [2.05, 4.69) is 42.5 Å². The lowest BCUT2D eigenvalue weighted by molar-refractivity contribution is -0.132. The Bertz CT molecular complexity index is 931. The molecule has 0 saturated carbocycles. The van der Waals surface area contributed by atoms with Gasteiger partial charge in [0.1, 0.15) is 0 Å². The number of halogens is 2. The molecule has 2 aliphatic heterocycles. The molecule has 0 radical (unpaired) electrons. The molecular weight excluding hydrogens is 513 g/mol. The van der Waals surface area contributed by atoms with E-state index >= 15 is 0 Å². The summed E-state index contributed by atoms with van der Waals surface area (Å²) in [4.78, 5) is 40.7. The van der Waals surface area contributed by atoms with Crippen LogP contribution in [0.2, 0.25) is 0 Å². The Kier molecular flexibility index (Phi) is 13.6. The third-order valence-electron chi connectivity index (χ3n) is 6.68. The van der Waals surface area contributed by atoms with E-state index in [9.17, 15) is 9.59 Å². The van der Waals surface area contributed by atoms with Crippen molar-refractivity contribution in [1.82, 2.24) is 30.4 Å². The third-order valence-corrected chi connectivity index (χ3v) is 6.68. The Balaban J connectivity index is 0.00000241. The Morgan fingerprint density at radius 1 is 0.865 bits per heavy atom. The van der Waals surface area contributed by atoms with Gasteiger partial charge in [-0.2, -0.15) is 0 Å². The molecule has 11 heteroatoms. The summed E-state index contributed by atoms with van der Waals surface area (Å²) >= 11 is 0. The fraction of sp³-hybridized carbons (Fsp3) is 0.538. The van der Waals surface area contributed by atoms with Crippen LogP contribution in [0, 0.1) is 0 Å². The fourth-order valence-electron chi connectivity index (χ4n) is 4.67. The van der Waals surface area contributed by atoms with Crippen LogP contribution < -0.4 is 15.5 Å². The van der Waals surface area contributed by atoms with E-state index in [1.54, 1.807) is 12.4 Å². The molecule has 4 rings (SSSR count). The van der Waals surface area contributed by atoms with Gasteiger partial charge in [0.25, 0.3) is 0 Å². The van der Waals surface area contributed by atoms with E-state index in [0.29, 0.717) is 26.1 Å². The van der Waals surface area contributed by atoms with Crippen LogP contribution in [-0.2, 0) is 9.59 Å². The number of carbonyl (C=O) groups is 2. The molecule has 3 heterocycles. The molecule has 1 atom stereocenters. The normalized spacial score (nSPS) is 20.2. The molecule has 0 spiro atoms. The minimum atomic E-state index is 0. The van der Waals surface area contributed by atoms with Crippen molar-refractivity contribution in [1.29, 1.82) is 0 Å². The maximum absolute atomic E-state index is 13.1. The summed E-state index contributed by atoms with van der Waals surface area (Å²) in [5, 5.41) is 6.58. The molecule has 2 fully saturated rings. The Morgan fingerprint density at radius 3 is 2.30 bits per heavy atom. The number of rotatable bonds is 4. The highest BCUT2D eigenvalue weighted by molar-refractivity contribution is 5.85. The molecule has 37 heavy (non-hydrogen) atoms. The van der Waals surface area contributed by atoms with E-state index in [0.717, 1.165) is 70.0 Å². The van der Waals surface area contributed by atoms with Crippen molar-refractivity contribution >= 4 is 42.6 Å². The summed E-state index contributed by atoms with van der Waals surface area (Å²) in [6.45, 7) is 6.53. The number of nitrogens with zero attached hydrogens (tertiary/aromatic N) is 5. The smallest absolute Gasteiger partial charge is 0.236 e. The molecule has 0 bridgehead atoms. The molecule has 2 N–H and O–H groups in total. The van der Waals surface area contributed by atoms with Gasteiger partial charge < -0.3 is 20.4 Å². The summed E-state index contributed by atoms with van der Waals surface area (Å²) in [6.07, 6.45) is 6.62. The zero-order valence-electron chi connectivity index (χ0n) is 21.3. The second-order valence-electron chi connectivity index (χ2n) is 9.22. The highest BCUT2D eigenvalue weighted by Gasteiger charge is 2.23. The number of aromatic nitrogens is 2. The van der Waals surface area contributed by atoms with Gasteiger partial charge in [-0.3, -0.25) is 14.5 Å². The van der Waals surface area contributed by atoms with Gasteiger partial charge in [0.2, 0.25) is 17.8 Å². The molecule has 1 unspecified atom stereocenters. The molecule has 2 aromatic rings. The molecule has 0 aliphatic carbocycles. The number of piperazine rings is 1. The van der Waals surface area contributed by atoms with Gasteiger partial charge in [0.05, 0.1) is 6.54 Å². The first-order valence-electron chi connectivity index (χ1n) is 12.8. The minimum Gasteiger partial charge on any atom is -0.356 e. The largest absolute Gasteiger partial charge is 0.356 e. The van der Waals surface area contributed by atoms with Crippen molar-refractivity contribution < 1.29 is 9.59 Å².